The number of amides is 1. The van der Waals surface area contributed by atoms with Crippen LogP contribution in [0.3, 0.4) is 0 Å². The number of rotatable bonds is 6. The molecule has 0 aliphatic rings. The van der Waals surface area contributed by atoms with Crippen LogP contribution in [0, 0.1) is 11.8 Å². The molecule has 0 saturated carbocycles. The van der Waals surface area contributed by atoms with E-state index in [1.807, 2.05) is 20.8 Å². The molecule has 0 rings (SSSR count). The highest BCUT2D eigenvalue weighted by atomic mass is 16.2. The van der Waals surface area contributed by atoms with Gasteiger partial charge in [-0.3, -0.25) is 4.79 Å². The quantitative estimate of drug-likeness (QED) is 0.709. The fourth-order valence-electron chi connectivity index (χ4n) is 1.30. The molecule has 0 aliphatic heterocycles. The first-order valence-corrected chi connectivity index (χ1v) is 5.90. The van der Waals surface area contributed by atoms with Crippen LogP contribution in [0.4, 0.5) is 0 Å². The maximum Gasteiger partial charge on any atom is 0.237 e. The lowest BCUT2D eigenvalue weighted by molar-refractivity contribution is -0.123. The van der Waals surface area contributed by atoms with Crippen LogP contribution < -0.4 is 11.1 Å². The Kier molecular flexibility index (Phi) is 6.57. The fourth-order valence-corrected chi connectivity index (χ4v) is 1.30. The highest BCUT2D eigenvalue weighted by Gasteiger charge is 2.18. The summed E-state index contributed by atoms with van der Waals surface area (Å²) in [5.41, 5.74) is 5.75. The van der Waals surface area contributed by atoms with E-state index in [0.717, 1.165) is 12.8 Å². The largest absolute Gasteiger partial charge is 0.352 e. The minimum Gasteiger partial charge on any atom is -0.352 e. The highest BCUT2D eigenvalue weighted by Crippen LogP contribution is 2.07. The van der Waals surface area contributed by atoms with Crippen LogP contribution in [0.25, 0.3) is 0 Å². The van der Waals surface area contributed by atoms with Crippen LogP contribution >= 0.6 is 0 Å². The monoisotopic (exact) mass is 214 g/mol. The zero-order chi connectivity index (χ0) is 12.0. The van der Waals surface area contributed by atoms with Crippen molar-refractivity contribution in [1.29, 1.82) is 0 Å². The third kappa shape index (κ3) is 6.50. The molecule has 0 aromatic rings. The Balaban J connectivity index is 3.85. The molecule has 3 N–H and O–H groups in total. The van der Waals surface area contributed by atoms with Crippen molar-refractivity contribution in [2.24, 2.45) is 17.6 Å². The lowest BCUT2D eigenvalue weighted by Crippen LogP contribution is -2.47. The Morgan fingerprint density at radius 2 is 1.67 bits per heavy atom. The molecule has 0 spiro atoms. The Bertz CT molecular complexity index is 190. The van der Waals surface area contributed by atoms with Gasteiger partial charge in [-0.05, 0) is 31.6 Å². The molecule has 0 fully saturated rings. The molecule has 0 aromatic carbocycles. The number of hydrogen-bond acceptors (Lipinski definition) is 2. The number of carbonyl (C=O) groups excluding carboxylic acids is 1. The molecule has 0 radical (unpaired) electrons. The molecule has 0 aliphatic carbocycles. The molecule has 3 heteroatoms. The van der Waals surface area contributed by atoms with Crippen LogP contribution in [-0.4, -0.2) is 18.0 Å². The molecule has 0 bridgehead atoms. The predicted molar refractivity (Wildman–Crippen MR) is 64.5 cm³/mol. The SMILES string of the molecule is CC(C)CCC(C)NC(=O)C(N)C(C)C. The van der Waals surface area contributed by atoms with E-state index in [-0.39, 0.29) is 23.9 Å². The summed E-state index contributed by atoms with van der Waals surface area (Å²) in [6, 6.07) is -0.156. The Morgan fingerprint density at radius 3 is 2.07 bits per heavy atom. The summed E-state index contributed by atoms with van der Waals surface area (Å²) in [5.74, 6) is 0.853. The number of carbonyl (C=O) groups is 1. The smallest absolute Gasteiger partial charge is 0.237 e. The Morgan fingerprint density at radius 1 is 1.13 bits per heavy atom. The van der Waals surface area contributed by atoms with E-state index >= 15 is 0 Å². The lowest BCUT2D eigenvalue weighted by Gasteiger charge is -2.20. The van der Waals surface area contributed by atoms with E-state index in [2.05, 4.69) is 19.2 Å². The Hall–Kier alpha value is -0.570. The van der Waals surface area contributed by atoms with E-state index in [1.165, 1.54) is 0 Å². The summed E-state index contributed by atoms with van der Waals surface area (Å²) in [5, 5.41) is 2.95. The standard InChI is InChI=1S/C12H26N2O/c1-8(2)6-7-10(5)14-12(15)11(13)9(3)4/h8-11H,6-7,13H2,1-5H3,(H,14,15). The van der Waals surface area contributed by atoms with Gasteiger partial charge in [-0.25, -0.2) is 0 Å². The van der Waals surface area contributed by atoms with Crippen molar-refractivity contribution in [3.05, 3.63) is 0 Å². The molecule has 0 heterocycles. The van der Waals surface area contributed by atoms with Crippen LogP contribution in [0.1, 0.15) is 47.5 Å². The average Bonchev–Trinajstić information content (AvgIpc) is 2.13. The maximum absolute atomic E-state index is 11.6. The van der Waals surface area contributed by atoms with Crippen molar-refractivity contribution in [1.82, 2.24) is 5.32 Å². The van der Waals surface area contributed by atoms with E-state index < -0.39 is 0 Å². The first kappa shape index (κ1) is 14.4. The molecular formula is C12H26N2O. The van der Waals surface area contributed by atoms with Gasteiger partial charge in [-0.2, -0.15) is 0 Å². The summed E-state index contributed by atoms with van der Waals surface area (Å²) in [6.45, 7) is 10.3. The summed E-state index contributed by atoms with van der Waals surface area (Å²) in [6.07, 6.45) is 2.16. The van der Waals surface area contributed by atoms with Gasteiger partial charge in [0.25, 0.3) is 0 Å². The molecule has 15 heavy (non-hydrogen) atoms. The third-order valence-electron chi connectivity index (χ3n) is 2.59. The van der Waals surface area contributed by atoms with Crippen LogP contribution in [0.15, 0.2) is 0 Å². The van der Waals surface area contributed by atoms with E-state index in [0.29, 0.717) is 5.92 Å². The summed E-state index contributed by atoms with van der Waals surface area (Å²) in [4.78, 5) is 11.6. The van der Waals surface area contributed by atoms with Crippen LogP contribution in [0.5, 0.6) is 0 Å². The van der Waals surface area contributed by atoms with Gasteiger partial charge in [0.2, 0.25) is 5.91 Å². The fraction of sp³-hybridized carbons (Fsp3) is 0.917. The second-order valence-electron chi connectivity index (χ2n) is 5.15. The molecule has 0 aromatic heterocycles. The van der Waals surface area contributed by atoms with Gasteiger partial charge in [0, 0.05) is 6.04 Å². The summed E-state index contributed by atoms with van der Waals surface area (Å²) >= 11 is 0. The van der Waals surface area contributed by atoms with Gasteiger partial charge in [-0.1, -0.05) is 27.7 Å². The van der Waals surface area contributed by atoms with Crippen molar-refractivity contribution < 1.29 is 4.79 Å². The Labute approximate surface area is 93.8 Å². The summed E-state index contributed by atoms with van der Waals surface area (Å²) < 4.78 is 0. The van der Waals surface area contributed by atoms with Gasteiger partial charge in [0.15, 0.2) is 0 Å². The molecule has 3 nitrogen and oxygen atoms in total. The topological polar surface area (TPSA) is 55.1 Å². The number of nitrogens with one attached hydrogen (secondary N) is 1. The molecule has 90 valence electrons. The molecule has 2 unspecified atom stereocenters. The minimum atomic E-state index is -0.383. The van der Waals surface area contributed by atoms with Gasteiger partial charge < -0.3 is 11.1 Å². The molecule has 2 atom stereocenters. The van der Waals surface area contributed by atoms with E-state index in [9.17, 15) is 4.79 Å². The van der Waals surface area contributed by atoms with Gasteiger partial charge >= 0.3 is 0 Å². The lowest BCUT2D eigenvalue weighted by atomic mass is 10.0. The molecule has 1 amide bonds. The van der Waals surface area contributed by atoms with E-state index in [4.69, 9.17) is 5.73 Å². The van der Waals surface area contributed by atoms with Crippen molar-refractivity contribution in [2.45, 2.75) is 59.5 Å². The second kappa shape index (κ2) is 6.83. The maximum atomic E-state index is 11.6. The molecule has 0 saturated heterocycles. The van der Waals surface area contributed by atoms with Crippen LogP contribution in [-0.2, 0) is 4.79 Å². The third-order valence-corrected chi connectivity index (χ3v) is 2.59. The normalized spacial score (nSPS) is 15.5. The van der Waals surface area contributed by atoms with Crippen LogP contribution in [0.2, 0.25) is 0 Å². The molecular weight excluding hydrogens is 188 g/mol. The van der Waals surface area contributed by atoms with Crippen molar-refractivity contribution in [3.8, 4) is 0 Å². The van der Waals surface area contributed by atoms with Crippen molar-refractivity contribution in [2.75, 3.05) is 0 Å². The summed E-state index contributed by atoms with van der Waals surface area (Å²) in [7, 11) is 0. The van der Waals surface area contributed by atoms with E-state index in [1.54, 1.807) is 0 Å². The highest BCUT2D eigenvalue weighted by molar-refractivity contribution is 5.81. The zero-order valence-electron chi connectivity index (χ0n) is 10.7. The van der Waals surface area contributed by atoms with Gasteiger partial charge in [0.1, 0.15) is 0 Å². The van der Waals surface area contributed by atoms with Crippen molar-refractivity contribution >= 4 is 5.91 Å². The van der Waals surface area contributed by atoms with Gasteiger partial charge in [-0.15, -0.1) is 0 Å². The second-order valence-corrected chi connectivity index (χ2v) is 5.15. The van der Waals surface area contributed by atoms with Crippen molar-refractivity contribution in [3.63, 3.8) is 0 Å². The first-order valence-electron chi connectivity index (χ1n) is 5.90. The zero-order valence-corrected chi connectivity index (χ0v) is 10.7. The first-order chi connectivity index (χ1) is 6.84. The number of nitrogens with two attached hydrogens (primary N) is 1. The average molecular weight is 214 g/mol. The predicted octanol–water partition coefficient (Wildman–Crippen LogP) is 1.91. The minimum absolute atomic E-state index is 0.0266. The number of hydrogen-bond donors (Lipinski definition) is 2. The van der Waals surface area contributed by atoms with Gasteiger partial charge in [0.05, 0.1) is 6.04 Å².